The highest BCUT2D eigenvalue weighted by Crippen LogP contribution is 2.33. The van der Waals surface area contributed by atoms with Crippen LogP contribution in [0, 0.1) is 11.3 Å². The molecule has 0 saturated carbocycles. The lowest BCUT2D eigenvalue weighted by Gasteiger charge is -2.32. The van der Waals surface area contributed by atoms with Gasteiger partial charge in [0, 0.05) is 23.8 Å². The average Bonchev–Trinajstić information content (AvgIpc) is 2.73. The molecular weight excluding hydrogens is 404 g/mol. The van der Waals surface area contributed by atoms with Crippen molar-refractivity contribution in [2.75, 3.05) is 25.0 Å². The summed E-state index contributed by atoms with van der Waals surface area (Å²) in [6.07, 6.45) is 3.66. The third-order valence-corrected chi connectivity index (χ3v) is 4.95. The van der Waals surface area contributed by atoms with E-state index in [0.29, 0.717) is 17.3 Å². The SMILES string of the molecule is CCN1CCCC(Nc2nnc(-c3ccc(C#N)cc3OC(F)F)c(C=C(C)N)n2)C1. The lowest BCUT2D eigenvalue weighted by Crippen LogP contribution is -2.42. The number of piperidine rings is 1. The van der Waals surface area contributed by atoms with Crippen molar-refractivity contribution in [2.45, 2.75) is 39.3 Å². The van der Waals surface area contributed by atoms with E-state index >= 15 is 0 Å². The zero-order chi connectivity index (χ0) is 22.4. The number of nitrogens with zero attached hydrogens (tertiary/aromatic N) is 5. The average molecular weight is 429 g/mol. The molecule has 1 aromatic heterocycles. The number of benzene rings is 1. The molecule has 0 radical (unpaired) electrons. The highest BCUT2D eigenvalue weighted by Gasteiger charge is 2.21. The van der Waals surface area contributed by atoms with Crippen LogP contribution in [0.25, 0.3) is 17.3 Å². The molecule has 1 aromatic carbocycles. The molecule has 2 aromatic rings. The van der Waals surface area contributed by atoms with Gasteiger partial charge in [-0.1, -0.05) is 6.92 Å². The molecular formula is C21H25F2N7O. The molecule has 31 heavy (non-hydrogen) atoms. The van der Waals surface area contributed by atoms with E-state index in [-0.39, 0.29) is 28.6 Å². The summed E-state index contributed by atoms with van der Waals surface area (Å²) < 4.78 is 30.5. The lowest BCUT2D eigenvalue weighted by molar-refractivity contribution is -0.0494. The fraction of sp³-hybridized carbons (Fsp3) is 0.429. The topological polar surface area (TPSA) is 113 Å². The Morgan fingerprint density at radius 3 is 2.94 bits per heavy atom. The molecule has 1 atom stereocenters. The van der Waals surface area contributed by atoms with E-state index in [0.717, 1.165) is 32.5 Å². The minimum atomic E-state index is -3.06. The molecule has 0 aliphatic carbocycles. The highest BCUT2D eigenvalue weighted by atomic mass is 19.3. The van der Waals surface area contributed by atoms with Gasteiger partial charge in [0.1, 0.15) is 11.4 Å². The molecule has 2 heterocycles. The van der Waals surface area contributed by atoms with E-state index in [4.69, 9.17) is 11.0 Å². The normalized spacial score (nSPS) is 17.4. The molecule has 3 rings (SSSR count). The number of nitriles is 1. The Balaban J connectivity index is 1.98. The summed E-state index contributed by atoms with van der Waals surface area (Å²) >= 11 is 0. The van der Waals surface area contributed by atoms with Crippen molar-refractivity contribution in [1.82, 2.24) is 20.1 Å². The molecule has 1 aliphatic rings. The Labute approximate surface area is 179 Å². The van der Waals surface area contributed by atoms with Gasteiger partial charge < -0.3 is 20.7 Å². The van der Waals surface area contributed by atoms with Gasteiger partial charge in [0.05, 0.1) is 17.3 Å². The standard InChI is InChI=1S/C21H25F2N7O/c1-3-30-8-4-5-15(12-30)26-21-27-17(9-13(2)25)19(28-29-21)16-7-6-14(11-24)10-18(16)31-20(22)23/h6-7,9-10,15,20H,3-5,8,12,25H2,1-2H3,(H,26,27,29). The third-order valence-electron chi connectivity index (χ3n) is 4.95. The predicted molar refractivity (Wildman–Crippen MR) is 113 cm³/mol. The molecule has 1 aliphatic heterocycles. The van der Waals surface area contributed by atoms with Crippen molar-refractivity contribution >= 4 is 12.0 Å². The van der Waals surface area contributed by atoms with Gasteiger partial charge in [-0.15, -0.1) is 10.2 Å². The lowest BCUT2D eigenvalue weighted by atomic mass is 10.1. The van der Waals surface area contributed by atoms with E-state index in [1.54, 1.807) is 13.0 Å². The summed E-state index contributed by atoms with van der Waals surface area (Å²) in [6, 6.07) is 6.30. The van der Waals surface area contributed by atoms with Crippen molar-refractivity contribution in [2.24, 2.45) is 5.73 Å². The highest BCUT2D eigenvalue weighted by molar-refractivity contribution is 5.75. The van der Waals surface area contributed by atoms with Gasteiger partial charge >= 0.3 is 6.61 Å². The van der Waals surface area contributed by atoms with E-state index in [1.807, 2.05) is 6.07 Å². The molecule has 0 spiro atoms. The molecule has 1 unspecified atom stereocenters. The van der Waals surface area contributed by atoms with E-state index in [1.165, 1.54) is 18.2 Å². The number of likely N-dealkylation sites (tertiary alicyclic amines) is 1. The fourth-order valence-corrected chi connectivity index (χ4v) is 3.53. The molecule has 1 fully saturated rings. The first kappa shape index (κ1) is 22.4. The minimum absolute atomic E-state index is 0.180. The Hall–Kier alpha value is -3.32. The zero-order valence-corrected chi connectivity index (χ0v) is 17.5. The number of ether oxygens (including phenoxy) is 1. The largest absolute Gasteiger partial charge is 0.434 e. The number of aromatic nitrogens is 3. The molecule has 10 heteroatoms. The van der Waals surface area contributed by atoms with Crippen molar-refractivity contribution in [3.05, 3.63) is 35.2 Å². The second kappa shape index (κ2) is 10.1. The van der Waals surface area contributed by atoms with Crippen LogP contribution in [0.1, 0.15) is 37.9 Å². The maximum absolute atomic E-state index is 12.9. The number of halogens is 2. The second-order valence-corrected chi connectivity index (χ2v) is 7.34. The molecule has 1 saturated heterocycles. The summed E-state index contributed by atoms with van der Waals surface area (Å²) in [5.41, 5.74) is 7.35. The Morgan fingerprint density at radius 1 is 1.45 bits per heavy atom. The maximum Gasteiger partial charge on any atom is 0.387 e. The first-order valence-electron chi connectivity index (χ1n) is 10.1. The Kier molecular flexibility index (Phi) is 7.31. The summed E-state index contributed by atoms with van der Waals surface area (Å²) in [6.45, 7) is 3.68. The van der Waals surface area contributed by atoms with Gasteiger partial charge in [-0.25, -0.2) is 4.98 Å². The van der Waals surface area contributed by atoms with Gasteiger partial charge in [-0.3, -0.25) is 0 Å². The smallest absolute Gasteiger partial charge is 0.387 e. The zero-order valence-electron chi connectivity index (χ0n) is 17.5. The van der Waals surface area contributed by atoms with E-state index < -0.39 is 6.61 Å². The Bertz CT molecular complexity index is 986. The number of nitrogens with one attached hydrogen (secondary N) is 1. The fourth-order valence-electron chi connectivity index (χ4n) is 3.53. The number of likely N-dealkylation sites (N-methyl/N-ethyl adjacent to an activating group) is 1. The third kappa shape index (κ3) is 5.86. The van der Waals surface area contributed by atoms with Crippen LogP contribution < -0.4 is 15.8 Å². The van der Waals surface area contributed by atoms with Gasteiger partial charge in [0.2, 0.25) is 5.95 Å². The van der Waals surface area contributed by atoms with Crippen LogP contribution >= 0.6 is 0 Å². The van der Waals surface area contributed by atoms with Crippen molar-refractivity contribution < 1.29 is 13.5 Å². The molecule has 0 amide bonds. The van der Waals surface area contributed by atoms with Gasteiger partial charge in [0.25, 0.3) is 0 Å². The molecule has 164 valence electrons. The van der Waals surface area contributed by atoms with Crippen molar-refractivity contribution in [3.63, 3.8) is 0 Å². The number of alkyl halides is 2. The number of nitrogens with two attached hydrogens (primary N) is 1. The second-order valence-electron chi connectivity index (χ2n) is 7.34. The van der Waals surface area contributed by atoms with Gasteiger partial charge in [-0.2, -0.15) is 14.0 Å². The molecule has 0 bridgehead atoms. The Morgan fingerprint density at radius 2 is 2.26 bits per heavy atom. The van der Waals surface area contributed by atoms with Crippen LogP contribution in [-0.2, 0) is 0 Å². The maximum atomic E-state index is 12.9. The van der Waals surface area contributed by atoms with Crippen molar-refractivity contribution in [3.8, 4) is 23.1 Å². The number of allylic oxidation sites excluding steroid dienone is 1. The van der Waals surface area contributed by atoms with E-state index in [2.05, 4.69) is 37.1 Å². The van der Waals surface area contributed by atoms with Crippen LogP contribution in [0.4, 0.5) is 14.7 Å². The van der Waals surface area contributed by atoms with Crippen LogP contribution in [0.3, 0.4) is 0 Å². The van der Waals surface area contributed by atoms with Crippen LogP contribution in [0.5, 0.6) is 5.75 Å². The first-order valence-corrected chi connectivity index (χ1v) is 10.1. The van der Waals surface area contributed by atoms with Crippen molar-refractivity contribution in [1.29, 1.82) is 5.26 Å². The first-order chi connectivity index (χ1) is 14.9. The van der Waals surface area contributed by atoms with Gasteiger partial charge in [0.15, 0.2) is 0 Å². The summed E-state index contributed by atoms with van der Waals surface area (Å²) in [7, 11) is 0. The number of hydrogen-bond acceptors (Lipinski definition) is 8. The van der Waals surface area contributed by atoms with Crippen LogP contribution in [0.15, 0.2) is 23.9 Å². The van der Waals surface area contributed by atoms with Crippen LogP contribution in [-0.4, -0.2) is 52.4 Å². The monoisotopic (exact) mass is 429 g/mol. The molecule has 8 nitrogen and oxygen atoms in total. The number of anilines is 1. The number of rotatable bonds is 7. The summed E-state index contributed by atoms with van der Waals surface area (Å²) in [5, 5.41) is 20.8. The predicted octanol–water partition coefficient (Wildman–Crippen LogP) is 3.23. The summed E-state index contributed by atoms with van der Waals surface area (Å²) in [4.78, 5) is 6.88. The van der Waals surface area contributed by atoms with E-state index in [9.17, 15) is 8.78 Å². The quantitative estimate of drug-likeness (QED) is 0.690. The molecule has 3 N–H and O–H groups in total. The van der Waals surface area contributed by atoms with Crippen LogP contribution in [0.2, 0.25) is 0 Å². The van der Waals surface area contributed by atoms with Gasteiger partial charge in [-0.05, 0) is 57.1 Å². The number of hydrogen-bond donors (Lipinski definition) is 2. The summed E-state index contributed by atoms with van der Waals surface area (Å²) in [5.74, 6) is 0.158. The minimum Gasteiger partial charge on any atom is -0.434 e.